The van der Waals surface area contributed by atoms with E-state index in [2.05, 4.69) is 11.4 Å². The van der Waals surface area contributed by atoms with Crippen LogP contribution in [0.3, 0.4) is 0 Å². The van der Waals surface area contributed by atoms with Gasteiger partial charge in [-0.25, -0.2) is 0 Å². The molecule has 1 amide bonds. The second-order valence-electron chi connectivity index (χ2n) is 5.66. The van der Waals surface area contributed by atoms with Crippen molar-refractivity contribution in [2.24, 2.45) is 0 Å². The molecule has 0 bridgehead atoms. The van der Waals surface area contributed by atoms with E-state index < -0.39 is 12.0 Å². The van der Waals surface area contributed by atoms with Crippen LogP contribution in [0.15, 0.2) is 72.8 Å². The summed E-state index contributed by atoms with van der Waals surface area (Å²) in [6.07, 6.45) is -0.960. The van der Waals surface area contributed by atoms with E-state index in [1.54, 1.807) is 54.6 Å². The van der Waals surface area contributed by atoms with Gasteiger partial charge in [0.15, 0.2) is 0 Å². The van der Waals surface area contributed by atoms with Crippen molar-refractivity contribution in [2.45, 2.75) is 6.10 Å². The van der Waals surface area contributed by atoms with Crippen LogP contribution in [-0.4, -0.2) is 5.91 Å². The van der Waals surface area contributed by atoms with Gasteiger partial charge in [0, 0.05) is 21.3 Å². The van der Waals surface area contributed by atoms with Gasteiger partial charge in [-0.15, -0.1) is 0 Å². The predicted octanol–water partition coefficient (Wildman–Crippen LogP) is 5.62. The number of carbonyl (C=O) groups is 1. The second kappa shape index (κ2) is 8.59. The molecule has 0 heterocycles. The molecule has 0 aliphatic carbocycles. The van der Waals surface area contributed by atoms with Crippen LogP contribution in [0.25, 0.3) is 0 Å². The van der Waals surface area contributed by atoms with Crippen molar-refractivity contribution in [1.29, 1.82) is 5.26 Å². The summed E-state index contributed by atoms with van der Waals surface area (Å²) in [5.41, 5.74) is 1.45. The van der Waals surface area contributed by atoms with E-state index in [-0.39, 0.29) is 0 Å². The fourth-order valence-corrected chi connectivity index (χ4v) is 3.05. The number of benzene rings is 3. The Morgan fingerprint density at radius 1 is 0.963 bits per heavy atom. The molecular weight excluding hydrogens is 383 g/mol. The van der Waals surface area contributed by atoms with Gasteiger partial charge in [-0.1, -0.05) is 65.7 Å². The van der Waals surface area contributed by atoms with Crippen molar-refractivity contribution in [1.82, 2.24) is 0 Å². The van der Waals surface area contributed by atoms with Gasteiger partial charge in [-0.3, -0.25) is 4.79 Å². The standard InChI is InChI=1S/C21H14Cl2N2O2/c22-16-10-17(23)12-18(11-16)25-21(26)20(14-6-2-1-3-7-14)27-19-9-5-4-8-15(19)13-24/h1-12,20H,(H,25,26)/t20-/m0/s1. The Labute approximate surface area is 166 Å². The van der Waals surface area contributed by atoms with Crippen molar-refractivity contribution >= 4 is 34.8 Å². The highest BCUT2D eigenvalue weighted by molar-refractivity contribution is 6.35. The number of carbonyl (C=O) groups excluding carboxylic acids is 1. The number of nitriles is 1. The second-order valence-corrected chi connectivity index (χ2v) is 6.54. The Balaban J connectivity index is 1.92. The molecule has 4 nitrogen and oxygen atoms in total. The lowest BCUT2D eigenvalue weighted by Crippen LogP contribution is -2.26. The zero-order valence-electron chi connectivity index (χ0n) is 14.0. The number of halogens is 2. The topological polar surface area (TPSA) is 62.1 Å². The fraction of sp³-hybridized carbons (Fsp3) is 0.0476. The van der Waals surface area contributed by atoms with Crippen LogP contribution in [0.2, 0.25) is 10.0 Å². The largest absolute Gasteiger partial charge is 0.474 e. The molecule has 134 valence electrons. The van der Waals surface area contributed by atoms with Gasteiger partial charge in [0.1, 0.15) is 11.8 Å². The third kappa shape index (κ3) is 4.79. The Hall–Kier alpha value is -3.00. The first-order chi connectivity index (χ1) is 13.1. The van der Waals surface area contributed by atoms with E-state index in [0.717, 1.165) is 0 Å². The molecule has 3 aromatic carbocycles. The summed E-state index contributed by atoms with van der Waals surface area (Å²) in [5.74, 6) is -0.0830. The first-order valence-electron chi connectivity index (χ1n) is 8.04. The van der Waals surface area contributed by atoms with Crippen LogP contribution in [0.1, 0.15) is 17.2 Å². The minimum Gasteiger partial charge on any atom is -0.474 e. The van der Waals surface area contributed by atoms with Crippen LogP contribution in [0, 0.1) is 11.3 Å². The Kier molecular flexibility index (Phi) is 5.97. The van der Waals surface area contributed by atoms with E-state index in [4.69, 9.17) is 27.9 Å². The average molecular weight is 397 g/mol. The van der Waals surface area contributed by atoms with Gasteiger partial charge in [-0.2, -0.15) is 5.26 Å². The number of nitrogens with zero attached hydrogens (tertiary/aromatic N) is 1. The molecular formula is C21H14Cl2N2O2. The SMILES string of the molecule is N#Cc1ccccc1O[C@H](C(=O)Nc1cc(Cl)cc(Cl)c1)c1ccccc1. The van der Waals surface area contributed by atoms with Gasteiger partial charge >= 0.3 is 0 Å². The molecule has 1 atom stereocenters. The average Bonchev–Trinajstić information content (AvgIpc) is 2.66. The van der Waals surface area contributed by atoms with Crippen molar-refractivity contribution in [3.63, 3.8) is 0 Å². The summed E-state index contributed by atoms with van der Waals surface area (Å²) in [6, 6.07) is 22.6. The summed E-state index contributed by atoms with van der Waals surface area (Å²) in [4.78, 5) is 12.9. The van der Waals surface area contributed by atoms with E-state index in [9.17, 15) is 10.1 Å². The third-order valence-electron chi connectivity index (χ3n) is 3.72. The molecule has 1 N–H and O–H groups in total. The monoisotopic (exact) mass is 396 g/mol. The zero-order valence-corrected chi connectivity index (χ0v) is 15.5. The highest BCUT2D eigenvalue weighted by Crippen LogP contribution is 2.28. The minimum absolute atomic E-state index is 0.327. The number of hydrogen-bond acceptors (Lipinski definition) is 3. The minimum atomic E-state index is -0.960. The molecule has 0 aliphatic rings. The summed E-state index contributed by atoms with van der Waals surface area (Å²) in [7, 11) is 0. The van der Waals surface area contributed by atoms with Crippen molar-refractivity contribution in [3.8, 4) is 11.8 Å². The number of rotatable bonds is 5. The van der Waals surface area contributed by atoms with Gasteiger partial charge in [0.25, 0.3) is 5.91 Å². The van der Waals surface area contributed by atoms with Crippen LogP contribution in [0.4, 0.5) is 5.69 Å². The van der Waals surface area contributed by atoms with Gasteiger partial charge in [-0.05, 0) is 30.3 Å². The van der Waals surface area contributed by atoms with E-state index >= 15 is 0 Å². The lowest BCUT2D eigenvalue weighted by atomic mass is 10.1. The van der Waals surface area contributed by atoms with Crippen LogP contribution >= 0.6 is 23.2 Å². The fourth-order valence-electron chi connectivity index (χ4n) is 2.52. The van der Waals surface area contributed by atoms with Crippen molar-refractivity contribution in [3.05, 3.63) is 94.0 Å². The molecule has 0 unspecified atom stereocenters. The Morgan fingerprint density at radius 3 is 2.26 bits per heavy atom. The molecule has 0 fully saturated rings. The van der Waals surface area contributed by atoms with E-state index in [1.165, 1.54) is 0 Å². The van der Waals surface area contributed by atoms with Crippen molar-refractivity contribution < 1.29 is 9.53 Å². The number of para-hydroxylation sites is 1. The molecule has 0 aromatic heterocycles. The quantitative estimate of drug-likeness (QED) is 0.608. The predicted molar refractivity (Wildman–Crippen MR) is 106 cm³/mol. The lowest BCUT2D eigenvalue weighted by Gasteiger charge is -2.20. The maximum absolute atomic E-state index is 12.9. The van der Waals surface area contributed by atoms with E-state index in [1.807, 2.05) is 18.2 Å². The molecule has 0 aliphatic heterocycles. The molecule has 6 heteroatoms. The summed E-state index contributed by atoms with van der Waals surface area (Å²) in [5, 5.41) is 12.9. The first kappa shape index (κ1) is 18.8. The number of anilines is 1. The molecule has 0 saturated heterocycles. The maximum Gasteiger partial charge on any atom is 0.270 e. The third-order valence-corrected chi connectivity index (χ3v) is 4.16. The van der Waals surface area contributed by atoms with Crippen molar-refractivity contribution in [2.75, 3.05) is 5.32 Å². The normalized spacial score (nSPS) is 11.3. The number of nitrogens with one attached hydrogen (secondary N) is 1. The molecule has 0 saturated carbocycles. The molecule has 3 aromatic rings. The number of hydrogen-bond donors (Lipinski definition) is 1. The number of amides is 1. The molecule has 0 spiro atoms. The van der Waals surface area contributed by atoms with Crippen LogP contribution < -0.4 is 10.1 Å². The summed E-state index contributed by atoms with van der Waals surface area (Å²) in [6.45, 7) is 0. The zero-order chi connectivity index (χ0) is 19.2. The van der Waals surface area contributed by atoms with Gasteiger partial charge < -0.3 is 10.1 Å². The van der Waals surface area contributed by atoms with Crippen LogP contribution in [0.5, 0.6) is 5.75 Å². The highest BCUT2D eigenvalue weighted by Gasteiger charge is 2.24. The van der Waals surface area contributed by atoms with Gasteiger partial charge in [0.05, 0.1) is 5.56 Å². The Bertz CT molecular complexity index is 980. The maximum atomic E-state index is 12.9. The van der Waals surface area contributed by atoms with Crippen LogP contribution in [-0.2, 0) is 4.79 Å². The van der Waals surface area contributed by atoms with Gasteiger partial charge in [0.2, 0.25) is 6.10 Å². The molecule has 0 radical (unpaired) electrons. The highest BCUT2D eigenvalue weighted by atomic mass is 35.5. The lowest BCUT2D eigenvalue weighted by molar-refractivity contribution is -0.123. The summed E-state index contributed by atoms with van der Waals surface area (Å²) >= 11 is 12.0. The Morgan fingerprint density at radius 2 is 1.59 bits per heavy atom. The number of ether oxygens (including phenoxy) is 1. The smallest absolute Gasteiger partial charge is 0.270 e. The molecule has 27 heavy (non-hydrogen) atoms. The molecule has 3 rings (SSSR count). The first-order valence-corrected chi connectivity index (χ1v) is 8.80. The summed E-state index contributed by atoms with van der Waals surface area (Å²) < 4.78 is 5.92. The van der Waals surface area contributed by atoms with E-state index in [0.29, 0.717) is 32.6 Å².